The number of carbonyl (C=O) groups excluding carboxylic acids is 2. The largest absolute Gasteiger partial charge is 0.497 e. The third kappa shape index (κ3) is 4.99. The number of benzene rings is 2. The molecule has 2 aromatic rings. The van der Waals surface area contributed by atoms with E-state index in [0.717, 1.165) is 9.98 Å². The molecule has 0 bridgehead atoms. The second-order valence-electron chi connectivity index (χ2n) is 5.82. The highest BCUT2D eigenvalue weighted by Gasteiger charge is 2.30. The van der Waals surface area contributed by atoms with Gasteiger partial charge in [0.25, 0.3) is 5.91 Å². The molecule has 0 N–H and O–H groups in total. The van der Waals surface area contributed by atoms with Gasteiger partial charge in [0.05, 0.1) is 19.9 Å². The Balaban J connectivity index is 2.34. The summed E-state index contributed by atoms with van der Waals surface area (Å²) in [5, 5.41) is 8.49. The number of azo groups is 1. The zero-order valence-electron chi connectivity index (χ0n) is 15.8. The standard InChI is InChI=1S/C19H19Cl2N3O4/c1-11-9-13(20)5-7-15(11)22-23-18(12(2)25)19(26)24(21)16-10-14(27-3)6-8-17(16)28-4/h5-10,18H,1-4H3. The van der Waals surface area contributed by atoms with E-state index in [9.17, 15) is 9.59 Å². The maximum atomic E-state index is 12.8. The average molecular weight is 424 g/mol. The molecule has 7 nitrogen and oxygen atoms in total. The minimum absolute atomic E-state index is 0.220. The number of halogens is 2. The first kappa shape index (κ1) is 21.7. The van der Waals surface area contributed by atoms with Crippen LogP contribution in [0, 0.1) is 6.92 Å². The van der Waals surface area contributed by atoms with Gasteiger partial charge in [-0.25, -0.2) is 4.42 Å². The molecule has 0 spiro atoms. The number of carbonyl (C=O) groups is 2. The number of hydrogen-bond donors (Lipinski definition) is 0. The van der Waals surface area contributed by atoms with Crippen molar-refractivity contribution in [2.45, 2.75) is 19.9 Å². The Hall–Kier alpha value is -2.64. The van der Waals surface area contributed by atoms with E-state index in [2.05, 4.69) is 10.2 Å². The molecule has 0 saturated heterocycles. The van der Waals surface area contributed by atoms with Gasteiger partial charge in [-0.15, -0.1) is 0 Å². The summed E-state index contributed by atoms with van der Waals surface area (Å²) < 4.78 is 11.2. The molecule has 2 rings (SSSR count). The van der Waals surface area contributed by atoms with Gasteiger partial charge in [0.15, 0.2) is 5.78 Å². The molecule has 148 valence electrons. The van der Waals surface area contributed by atoms with Crippen molar-refractivity contribution in [2.75, 3.05) is 18.6 Å². The zero-order chi connectivity index (χ0) is 20.8. The summed E-state index contributed by atoms with van der Waals surface area (Å²) in [5.41, 5.74) is 1.46. The summed E-state index contributed by atoms with van der Waals surface area (Å²) in [6, 6.07) is 8.34. The van der Waals surface area contributed by atoms with Gasteiger partial charge in [-0.1, -0.05) is 11.6 Å². The molecule has 0 aliphatic heterocycles. The van der Waals surface area contributed by atoms with Crippen molar-refractivity contribution < 1.29 is 19.1 Å². The van der Waals surface area contributed by atoms with Crippen molar-refractivity contribution in [3.8, 4) is 11.5 Å². The Bertz CT molecular complexity index is 918. The highest BCUT2D eigenvalue weighted by atomic mass is 35.5. The van der Waals surface area contributed by atoms with Crippen molar-refractivity contribution in [1.82, 2.24) is 0 Å². The normalized spacial score (nSPS) is 11.9. The number of ketones is 1. The first-order valence-electron chi connectivity index (χ1n) is 8.17. The second kappa shape index (κ2) is 9.52. The fraction of sp³-hybridized carbons (Fsp3) is 0.263. The molecule has 0 saturated carbocycles. The van der Waals surface area contributed by atoms with Gasteiger partial charge in [-0.05, 0) is 49.7 Å². The number of methoxy groups -OCH3 is 2. The van der Waals surface area contributed by atoms with Crippen LogP contribution in [0.4, 0.5) is 11.4 Å². The van der Waals surface area contributed by atoms with Gasteiger partial charge in [-0.3, -0.25) is 9.59 Å². The fourth-order valence-corrected chi connectivity index (χ4v) is 2.78. The lowest BCUT2D eigenvalue weighted by molar-refractivity contribution is -0.126. The summed E-state index contributed by atoms with van der Waals surface area (Å²) in [7, 11) is 2.92. The number of aryl methyl sites for hydroxylation is 1. The van der Waals surface area contributed by atoms with Crippen LogP contribution in [0.3, 0.4) is 0 Å². The lowest BCUT2D eigenvalue weighted by Gasteiger charge is -2.19. The number of amides is 1. The lowest BCUT2D eigenvalue weighted by atomic mass is 10.2. The third-order valence-electron chi connectivity index (χ3n) is 3.85. The van der Waals surface area contributed by atoms with E-state index in [0.29, 0.717) is 22.2 Å². The highest BCUT2D eigenvalue weighted by molar-refractivity contribution is 6.39. The Morgan fingerprint density at radius 2 is 1.82 bits per heavy atom. The molecule has 0 heterocycles. The van der Waals surface area contributed by atoms with Crippen LogP contribution in [0.5, 0.6) is 11.5 Å². The number of ether oxygens (including phenoxy) is 2. The zero-order valence-corrected chi connectivity index (χ0v) is 17.3. The average Bonchev–Trinajstić information content (AvgIpc) is 2.68. The number of hydrogen-bond acceptors (Lipinski definition) is 6. The molecule has 0 aliphatic rings. The van der Waals surface area contributed by atoms with Crippen molar-refractivity contribution in [1.29, 1.82) is 0 Å². The molecular formula is C19H19Cl2N3O4. The van der Waals surface area contributed by atoms with E-state index < -0.39 is 17.7 Å². The number of rotatable bonds is 7. The second-order valence-corrected chi connectivity index (χ2v) is 6.59. The molecule has 1 unspecified atom stereocenters. The maximum absolute atomic E-state index is 12.8. The predicted molar refractivity (Wildman–Crippen MR) is 108 cm³/mol. The van der Waals surface area contributed by atoms with E-state index in [1.165, 1.54) is 27.2 Å². The quantitative estimate of drug-likeness (QED) is 0.360. The molecule has 9 heteroatoms. The summed E-state index contributed by atoms with van der Waals surface area (Å²) in [6.07, 6.45) is 0. The van der Waals surface area contributed by atoms with Gasteiger partial charge < -0.3 is 9.47 Å². The summed E-state index contributed by atoms with van der Waals surface area (Å²) in [4.78, 5) is 24.8. The molecule has 0 radical (unpaired) electrons. The minimum atomic E-state index is -1.41. The third-order valence-corrected chi connectivity index (χ3v) is 4.43. The van der Waals surface area contributed by atoms with Crippen LogP contribution in [-0.2, 0) is 9.59 Å². The summed E-state index contributed by atoms with van der Waals surface area (Å²) in [6.45, 7) is 3.03. The molecule has 2 aromatic carbocycles. The van der Waals surface area contributed by atoms with Gasteiger partial charge in [0.2, 0.25) is 6.04 Å². The molecule has 0 aliphatic carbocycles. The topological polar surface area (TPSA) is 80.6 Å². The first-order valence-corrected chi connectivity index (χ1v) is 8.89. The monoisotopic (exact) mass is 423 g/mol. The lowest BCUT2D eigenvalue weighted by Crippen LogP contribution is -2.36. The summed E-state index contributed by atoms with van der Waals surface area (Å²) >= 11 is 12.1. The van der Waals surface area contributed by atoms with Crippen molar-refractivity contribution in [3.63, 3.8) is 0 Å². The number of Topliss-reactive ketones (excluding diaryl/α,β-unsaturated/α-hetero) is 1. The van der Waals surface area contributed by atoms with Crippen molar-refractivity contribution in [2.24, 2.45) is 10.2 Å². The summed E-state index contributed by atoms with van der Waals surface area (Å²) in [5.74, 6) is -0.479. The molecule has 1 atom stereocenters. The van der Waals surface area contributed by atoms with E-state index in [1.807, 2.05) is 0 Å². The molecule has 0 aromatic heterocycles. The van der Waals surface area contributed by atoms with Crippen molar-refractivity contribution >= 4 is 46.4 Å². The van der Waals surface area contributed by atoms with Gasteiger partial charge >= 0.3 is 0 Å². The first-order chi connectivity index (χ1) is 13.3. The van der Waals surface area contributed by atoms with Gasteiger partial charge in [-0.2, -0.15) is 10.2 Å². The van der Waals surface area contributed by atoms with Crippen LogP contribution in [0.15, 0.2) is 46.6 Å². The van der Waals surface area contributed by atoms with E-state index >= 15 is 0 Å². The number of anilines is 1. The van der Waals surface area contributed by atoms with E-state index in [4.69, 9.17) is 32.9 Å². The fourth-order valence-electron chi connectivity index (χ4n) is 2.33. The molecular weight excluding hydrogens is 405 g/mol. The van der Waals surface area contributed by atoms with Crippen molar-refractivity contribution in [3.05, 3.63) is 47.0 Å². The Morgan fingerprint density at radius 3 is 2.39 bits per heavy atom. The molecule has 0 fully saturated rings. The molecule has 1 amide bonds. The van der Waals surface area contributed by atoms with Crippen LogP contribution in [-0.4, -0.2) is 32.0 Å². The Morgan fingerprint density at radius 1 is 1.11 bits per heavy atom. The van der Waals surface area contributed by atoms with Gasteiger partial charge in [0.1, 0.15) is 17.2 Å². The Kier molecular flexibility index (Phi) is 7.37. The Labute approximate surface area is 173 Å². The van der Waals surface area contributed by atoms with Crippen LogP contribution in [0.25, 0.3) is 0 Å². The van der Waals surface area contributed by atoms with Crippen LogP contribution in [0.2, 0.25) is 5.02 Å². The van der Waals surface area contributed by atoms with Crippen LogP contribution in [0.1, 0.15) is 12.5 Å². The van der Waals surface area contributed by atoms with E-state index in [1.54, 1.807) is 37.3 Å². The SMILES string of the molecule is COc1ccc(OC)c(N(Cl)C(=O)C(N=Nc2ccc(Cl)cc2C)C(C)=O)c1. The van der Waals surface area contributed by atoms with Crippen LogP contribution >= 0.6 is 23.4 Å². The highest BCUT2D eigenvalue weighted by Crippen LogP contribution is 2.34. The number of nitrogens with zero attached hydrogens (tertiary/aromatic N) is 3. The predicted octanol–water partition coefficient (Wildman–Crippen LogP) is 4.89. The van der Waals surface area contributed by atoms with E-state index in [-0.39, 0.29) is 5.69 Å². The van der Waals surface area contributed by atoms with Crippen LogP contribution < -0.4 is 13.9 Å². The minimum Gasteiger partial charge on any atom is -0.497 e. The van der Waals surface area contributed by atoms with Gasteiger partial charge in [0, 0.05) is 22.9 Å². The smallest absolute Gasteiger partial charge is 0.276 e. The molecule has 28 heavy (non-hydrogen) atoms. The maximum Gasteiger partial charge on any atom is 0.276 e.